The molecule has 0 aliphatic heterocycles. The fraction of sp³-hybridized carbons (Fsp3) is 0.558. The fourth-order valence-electron chi connectivity index (χ4n) is 4.35. The number of carbonyl (C=O) groups excluding carboxylic acids is 1. The van der Waals surface area contributed by atoms with Crippen LogP contribution in [0, 0.1) is 24.7 Å². The quantitative estimate of drug-likeness (QED) is 0.103. The van der Waals surface area contributed by atoms with Crippen molar-refractivity contribution in [2.24, 2.45) is 11.8 Å². The number of para-hydroxylation sites is 1. The van der Waals surface area contributed by atoms with E-state index in [0.717, 1.165) is 41.8 Å². The molecule has 0 aromatic heterocycles. The number of nitrogens with zero attached hydrogens (tertiary/aromatic N) is 1. The maximum Gasteiger partial charge on any atom is 0.150 e. The second-order valence-electron chi connectivity index (χ2n) is 11.0. The molecule has 47 heavy (non-hydrogen) atoms. The Morgan fingerprint density at radius 1 is 0.809 bits per heavy atom. The Morgan fingerprint density at radius 3 is 1.74 bits per heavy atom. The van der Waals surface area contributed by atoms with Crippen molar-refractivity contribution in [3.05, 3.63) is 84.1 Å². The molecule has 2 aromatic carbocycles. The van der Waals surface area contributed by atoms with Gasteiger partial charge in [-0.1, -0.05) is 124 Å². The van der Waals surface area contributed by atoms with Crippen LogP contribution in [0.2, 0.25) is 0 Å². The molecule has 0 N–H and O–H groups in total. The van der Waals surface area contributed by atoms with E-state index < -0.39 is 0 Å². The van der Waals surface area contributed by atoms with Crippen molar-refractivity contribution in [1.82, 2.24) is 0 Å². The number of carbonyl (C=O) groups is 1. The van der Waals surface area contributed by atoms with Gasteiger partial charge in [0.05, 0.1) is 0 Å². The molecular formula is C43H73NO3. The molecule has 0 heterocycles. The predicted octanol–water partition coefficient (Wildman–Crippen LogP) is 13.1. The molecule has 4 heteroatoms. The predicted molar refractivity (Wildman–Crippen MR) is 212 cm³/mol. The van der Waals surface area contributed by atoms with E-state index in [-0.39, 0.29) is 0 Å². The van der Waals surface area contributed by atoms with E-state index in [1.165, 1.54) is 57.8 Å². The van der Waals surface area contributed by atoms with Crippen LogP contribution in [0.4, 0.5) is 11.4 Å². The summed E-state index contributed by atoms with van der Waals surface area (Å²) < 4.78 is 9.40. The third-order valence-electron chi connectivity index (χ3n) is 7.00. The average Bonchev–Trinajstić information content (AvgIpc) is 3.12. The second-order valence-corrected chi connectivity index (χ2v) is 11.0. The monoisotopic (exact) mass is 652 g/mol. The number of unbranched alkanes of at least 4 members (excludes halogenated alkanes) is 2. The summed E-state index contributed by atoms with van der Waals surface area (Å²) in [4.78, 5) is 13.0. The lowest BCUT2D eigenvalue weighted by Gasteiger charge is -2.25. The molecule has 0 spiro atoms. The highest BCUT2D eigenvalue weighted by Crippen LogP contribution is 2.29. The highest BCUT2D eigenvalue weighted by molar-refractivity contribution is 5.77. The zero-order valence-electron chi connectivity index (χ0n) is 32.6. The first-order valence-electron chi connectivity index (χ1n) is 17.8. The van der Waals surface area contributed by atoms with Gasteiger partial charge in [0.25, 0.3) is 0 Å². The maximum absolute atomic E-state index is 10.8. The highest BCUT2D eigenvalue weighted by atomic mass is 16.5. The highest BCUT2D eigenvalue weighted by Gasteiger charge is 2.10. The van der Waals surface area contributed by atoms with Gasteiger partial charge in [0, 0.05) is 50.6 Å². The number of rotatable bonds is 16. The van der Waals surface area contributed by atoms with Crippen molar-refractivity contribution in [3.8, 4) is 12.8 Å². The molecule has 2 atom stereocenters. The van der Waals surface area contributed by atoms with E-state index in [1.54, 1.807) is 21.3 Å². The first kappa shape index (κ1) is 50.7. The summed E-state index contributed by atoms with van der Waals surface area (Å²) in [6, 6.07) is 17.8. The molecule has 0 bridgehead atoms. The van der Waals surface area contributed by atoms with Gasteiger partial charge in [0.15, 0.2) is 0 Å². The zero-order chi connectivity index (χ0) is 36.7. The van der Waals surface area contributed by atoms with Gasteiger partial charge in [-0.3, -0.25) is 4.79 Å². The number of methoxy groups -OCH3 is 2. The number of benzene rings is 2. The number of hydrogen-bond donors (Lipinski definition) is 0. The fourth-order valence-corrected chi connectivity index (χ4v) is 4.35. The molecule has 0 fully saturated rings. The standard InChI is InChI=1S/C19H19NO.C10H22O.C8H18.C2H6O.C2H6.C2H2/c1-3-4-8-16(2)20(18-9-6-5-7-10-18)19-13-11-17(15-21)12-14-19;1-4-6-8-10(7-5-2)9-11-3;1-4-6-7-8(3)5-2;1-3-2;2*1-2/h3-15H,1-2H3;10H,4-9H2,1-3H3;8H,4-7H2,1-3H3;1-2H3;1-2H3;1-2H/b4-3-,16-8+;;;;;. The summed E-state index contributed by atoms with van der Waals surface area (Å²) in [5, 5.41) is 0. The van der Waals surface area contributed by atoms with Gasteiger partial charge in [0.2, 0.25) is 0 Å². The van der Waals surface area contributed by atoms with Crippen molar-refractivity contribution < 1.29 is 14.3 Å². The summed E-state index contributed by atoms with van der Waals surface area (Å²) in [5.74, 6) is 1.76. The zero-order valence-corrected chi connectivity index (χ0v) is 32.6. The summed E-state index contributed by atoms with van der Waals surface area (Å²) in [7, 11) is 5.05. The van der Waals surface area contributed by atoms with Crippen LogP contribution in [0.25, 0.3) is 0 Å². The topological polar surface area (TPSA) is 38.8 Å². The summed E-state index contributed by atoms with van der Waals surface area (Å²) in [5.41, 5.74) is 3.92. The van der Waals surface area contributed by atoms with Crippen LogP contribution in [0.5, 0.6) is 0 Å². The third kappa shape index (κ3) is 30.0. The van der Waals surface area contributed by atoms with E-state index in [1.807, 2.05) is 75.4 Å². The van der Waals surface area contributed by atoms with Gasteiger partial charge in [0.1, 0.15) is 6.29 Å². The average molecular weight is 652 g/mol. The molecule has 2 unspecified atom stereocenters. The molecule has 268 valence electrons. The van der Waals surface area contributed by atoms with Crippen LogP contribution in [-0.4, -0.2) is 34.2 Å². The number of terminal acetylenes is 1. The Balaban J connectivity index is -0.000000300. The number of aldehydes is 1. The molecule has 2 aromatic rings. The first-order valence-corrected chi connectivity index (χ1v) is 17.8. The minimum atomic E-state index is 0.682. The van der Waals surface area contributed by atoms with Gasteiger partial charge in [-0.05, 0) is 81.0 Å². The number of allylic oxidation sites excluding steroid dienone is 4. The molecule has 0 saturated carbocycles. The Morgan fingerprint density at radius 2 is 1.32 bits per heavy atom. The van der Waals surface area contributed by atoms with E-state index in [2.05, 4.69) is 82.2 Å². The largest absolute Gasteiger partial charge is 0.388 e. The van der Waals surface area contributed by atoms with Gasteiger partial charge in [-0.15, -0.1) is 12.8 Å². The van der Waals surface area contributed by atoms with Crippen molar-refractivity contribution >= 4 is 17.7 Å². The first-order chi connectivity index (χ1) is 22.8. The van der Waals surface area contributed by atoms with E-state index in [4.69, 9.17) is 4.74 Å². The molecule has 0 amide bonds. The Bertz CT molecular complexity index is 958. The second kappa shape index (κ2) is 40.9. The molecule has 4 nitrogen and oxygen atoms in total. The van der Waals surface area contributed by atoms with Crippen LogP contribution < -0.4 is 4.90 Å². The molecule has 0 aliphatic rings. The van der Waals surface area contributed by atoms with Crippen molar-refractivity contribution in [1.29, 1.82) is 0 Å². The van der Waals surface area contributed by atoms with E-state index in [9.17, 15) is 4.79 Å². The molecule has 0 aliphatic carbocycles. The van der Waals surface area contributed by atoms with Gasteiger partial charge < -0.3 is 14.4 Å². The van der Waals surface area contributed by atoms with Gasteiger partial charge in [-0.25, -0.2) is 0 Å². The molecule has 0 radical (unpaired) electrons. The SMILES string of the molecule is C#C.C/C=C\C=C(/C)N(c1ccccc1)c1ccc(C=O)cc1.CC.CCCCC(C)CC.CCCCC(CCC)COC.COC. The Hall–Kier alpha value is -3.13. The molecular weight excluding hydrogens is 578 g/mol. The van der Waals surface area contributed by atoms with Crippen LogP contribution in [0.1, 0.15) is 130 Å². The molecule has 0 saturated heterocycles. The minimum absolute atomic E-state index is 0.682. The lowest BCUT2D eigenvalue weighted by atomic mass is 9.98. The normalized spacial score (nSPS) is 11.2. The van der Waals surface area contributed by atoms with Crippen molar-refractivity contribution in [2.75, 3.05) is 32.8 Å². The number of hydrogen-bond acceptors (Lipinski definition) is 4. The van der Waals surface area contributed by atoms with Crippen LogP contribution in [-0.2, 0) is 9.47 Å². The lowest BCUT2D eigenvalue weighted by Crippen LogP contribution is -2.14. The van der Waals surface area contributed by atoms with Crippen molar-refractivity contribution in [3.63, 3.8) is 0 Å². The smallest absolute Gasteiger partial charge is 0.150 e. The van der Waals surface area contributed by atoms with Crippen LogP contribution in [0.15, 0.2) is 78.5 Å². The van der Waals surface area contributed by atoms with Crippen LogP contribution in [0.3, 0.4) is 0 Å². The Labute approximate surface area is 293 Å². The summed E-state index contributed by atoms with van der Waals surface area (Å²) in [6.45, 7) is 20.4. The lowest BCUT2D eigenvalue weighted by molar-refractivity contribution is 0.112. The maximum atomic E-state index is 10.8. The Kier molecular flexibility index (Phi) is 44.1. The van der Waals surface area contributed by atoms with Crippen molar-refractivity contribution in [2.45, 2.75) is 120 Å². The van der Waals surface area contributed by atoms with Gasteiger partial charge >= 0.3 is 0 Å². The van der Waals surface area contributed by atoms with E-state index >= 15 is 0 Å². The number of anilines is 2. The molecule has 2 rings (SSSR count). The summed E-state index contributed by atoms with van der Waals surface area (Å²) in [6.07, 6.45) is 27.1. The van der Waals surface area contributed by atoms with E-state index in [0.29, 0.717) is 5.56 Å². The van der Waals surface area contributed by atoms with Gasteiger partial charge in [-0.2, -0.15) is 0 Å². The summed E-state index contributed by atoms with van der Waals surface area (Å²) >= 11 is 0. The number of ether oxygens (including phenoxy) is 2. The van der Waals surface area contributed by atoms with Crippen LogP contribution >= 0.6 is 0 Å². The minimum Gasteiger partial charge on any atom is -0.388 e. The third-order valence-corrected chi connectivity index (χ3v) is 7.00.